The van der Waals surface area contributed by atoms with Crippen LogP contribution in [0.25, 0.3) is 0 Å². The molecule has 0 aliphatic rings. The van der Waals surface area contributed by atoms with Crippen LogP contribution >= 0.6 is 0 Å². The highest BCUT2D eigenvalue weighted by molar-refractivity contribution is 6.12. The number of carbonyl (C=O) groups excluding carboxylic acids is 1. The normalized spacial score (nSPS) is 11.1. The average molecular weight is 583 g/mol. The lowest BCUT2D eigenvalue weighted by molar-refractivity contribution is 0.103. The third kappa shape index (κ3) is 15.0. The van der Waals surface area contributed by atoms with E-state index in [0.29, 0.717) is 24.7 Å². The summed E-state index contributed by atoms with van der Waals surface area (Å²) in [5, 5.41) is 21.0. The van der Waals surface area contributed by atoms with E-state index in [1.807, 2.05) is 0 Å². The molecule has 0 aliphatic carbocycles. The Hall–Kier alpha value is -2.69. The minimum atomic E-state index is -0.438. The SMILES string of the molecule is CCCCCCCCCCCCOc1ccc(C(=O)c2ccc(OCCCCCCCCCCCC)cc2O)c(O)c1. The van der Waals surface area contributed by atoms with Crippen molar-refractivity contribution >= 4 is 5.78 Å². The van der Waals surface area contributed by atoms with Crippen molar-refractivity contribution in [3.63, 3.8) is 0 Å². The van der Waals surface area contributed by atoms with Crippen molar-refractivity contribution in [1.82, 2.24) is 0 Å². The van der Waals surface area contributed by atoms with Crippen LogP contribution in [0.5, 0.6) is 23.0 Å². The molecule has 0 saturated carbocycles. The highest BCUT2D eigenvalue weighted by Gasteiger charge is 2.18. The lowest BCUT2D eigenvalue weighted by Gasteiger charge is -2.11. The molecule has 0 bridgehead atoms. The molecule has 0 unspecified atom stereocenters. The first-order valence-corrected chi connectivity index (χ1v) is 17.0. The van der Waals surface area contributed by atoms with Crippen LogP contribution in [0.15, 0.2) is 36.4 Å². The van der Waals surface area contributed by atoms with E-state index in [4.69, 9.17) is 9.47 Å². The molecule has 5 heteroatoms. The molecule has 2 aromatic carbocycles. The lowest BCUT2D eigenvalue weighted by atomic mass is 10.0. The Morgan fingerprint density at radius 1 is 0.500 bits per heavy atom. The number of phenols is 2. The molecule has 0 radical (unpaired) electrons. The fourth-order valence-electron chi connectivity index (χ4n) is 5.29. The van der Waals surface area contributed by atoms with E-state index in [-0.39, 0.29) is 22.6 Å². The summed E-state index contributed by atoms with van der Waals surface area (Å²) in [6, 6.07) is 9.46. The van der Waals surface area contributed by atoms with Crippen LogP contribution in [0.1, 0.15) is 158 Å². The molecule has 42 heavy (non-hydrogen) atoms. The van der Waals surface area contributed by atoms with Crippen LogP contribution in [-0.4, -0.2) is 29.2 Å². The highest BCUT2D eigenvalue weighted by Crippen LogP contribution is 2.31. The van der Waals surface area contributed by atoms with E-state index in [1.54, 1.807) is 24.3 Å². The second-order valence-corrected chi connectivity index (χ2v) is 11.7. The minimum Gasteiger partial charge on any atom is -0.507 e. The molecule has 0 aromatic heterocycles. The van der Waals surface area contributed by atoms with Gasteiger partial charge in [0.15, 0.2) is 5.78 Å². The number of ether oxygens (including phenoxy) is 2. The van der Waals surface area contributed by atoms with Crippen LogP contribution in [0.4, 0.5) is 0 Å². The maximum Gasteiger partial charge on any atom is 0.200 e. The molecular weight excluding hydrogens is 524 g/mol. The average Bonchev–Trinajstić information content (AvgIpc) is 2.98. The predicted molar refractivity (Wildman–Crippen MR) is 174 cm³/mol. The first-order valence-electron chi connectivity index (χ1n) is 17.0. The summed E-state index contributed by atoms with van der Waals surface area (Å²) in [4.78, 5) is 13.0. The van der Waals surface area contributed by atoms with Crippen LogP contribution < -0.4 is 9.47 Å². The molecule has 0 fully saturated rings. The summed E-state index contributed by atoms with van der Waals surface area (Å²) in [7, 11) is 0. The molecule has 0 aliphatic heterocycles. The predicted octanol–water partition coefficient (Wildman–Crippen LogP) is 10.9. The van der Waals surface area contributed by atoms with Gasteiger partial charge < -0.3 is 19.7 Å². The van der Waals surface area contributed by atoms with Crippen molar-refractivity contribution in [2.45, 2.75) is 142 Å². The van der Waals surface area contributed by atoms with Crippen molar-refractivity contribution in [3.8, 4) is 23.0 Å². The number of phenolic OH excluding ortho intramolecular Hbond substituents is 2. The monoisotopic (exact) mass is 582 g/mol. The molecular formula is C37H58O5. The fraction of sp³-hybridized carbons (Fsp3) is 0.649. The van der Waals surface area contributed by atoms with Crippen molar-refractivity contribution < 1.29 is 24.5 Å². The van der Waals surface area contributed by atoms with Crippen molar-refractivity contribution in [1.29, 1.82) is 0 Å². The van der Waals surface area contributed by atoms with Crippen molar-refractivity contribution in [3.05, 3.63) is 47.5 Å². The van der Waals surface area contributed by atoms with Gasteiger partial charge in [-0.2, -0.15) is 0 Å². The topological polar surface area (TPSA) is 76.0 Å². The minimum absolute atomic E-state index is 0.135. The summed E-state index contributed by atoms with van der Waals surface area (Å²) >= 11 is 0. The maximum absolute atomic E-state index is 13.0. The van der Waals surface area contributed by atoms with Gasteiger partial charge >= 0.3 is 0 Å². The van der Waals surface area contributed by atoms with Gasteiger partial charge in [-0.15, -0.1) is 0 Å². The second-order valence-electron chi connectivity index (χ2n) is 11.7. The smallest absolute Gasteiger partial charge is 0.200 e. The lowest BCUT2D eigenvalue weighted by Crippen LogP contribution is -2.04. The molecule has 2 aromatic rings. The van der Waals surface area contributed by atoms with Gasteiger partial charge in [-0.05, 0) is 37.1 Å². The number of aromatic hydroxyl groups is 2. The summed E-state index contributed by atoms with van der Waals surface area (Å²) in [6.45, 7) is 5.67. The maximum atomic E-state index is 13.0. The number of rotatable bonds is 26. The summed E-state index contributed by atoms with van der Waals surface area (Å²) in [5.41, 5.74) is 0.270. The third-order valence-electron chi connectivity index (χ3n) is 7.96. The number of ketones is 1. The largest absolute Gasteiger partial charge is 0.507 e. The Morgan fingerprint density at radius 3 is 1.12 bits per heavy atom. The van der Waals surface area contributed by atoms with Crippen molar-refractivity contribution in [2.75, 3.05) is 13.2 Å². The van der Waals surface area contributed by atoms with E-state index in [2.05, 4.69) is 13.8 Å². The molecule has 236 valence electrons. The van der Waals surface area contributed by atoms with Gasteiger partial charge in [0.2, 0.25) is 0 Å². The molecule has 2 N–H and O–H groups in total. The van der Waals surface area contributed by atoms with Crippen LogP contribution in [0, 0.1) is 0 Å². The zero-order valence-corrected chi connectivity index (χ0v) is 26.6. The summed E-state index contributed by atoms with van der Waals surface area (Å²) in [6.07, 6.45) is 25.3. The highest BCUT2D eigenvalue weighted by atomic mass is 16.5. The first kappa shape index (κ1) is 35.5. The zero-order valence-electron chi connectivity index (χ0n) is 26.6. The second kappa shape index (κ2) is 22.9. The Labute approximate surface area is 256 Å². The number of unbranched alkanes of at least 4 members (excludes halogenated alkanes) is 18. The molecule has 0 saturated heterocycles. The van der Waals surface area contributed by atoms with Gasteiger partial charge in [-0.3, -0.25) is 4.79 Å². The van der Waals surface area contributed by atoms with Gasteiger partial charge in [0.25, 0.3) is 0 Å². The van der Waals surface area contributed by atoms with E-state index in [0.717, 1.165) is 25.7 Å². The van der Waals surface area contributed by atoms with E-state index >= 15 is 0 Å². The Kier molecular flexibility index (Phi) is 19.3. The fourth-order valence-corrected chi connectivity index (χ4v) is 5.29. The number of carbonyl (C=O) groups is 1. The molecule has 2 rings (SSSR count). The molecule has 0 amide bonds. The standard InChI is InChI=1S/C37H58O5/c1-3-5-7-9-11-13-15-17-19-21-27-41-31-23-25-33(35(38)29-31)37(40)34-26-24-32(30-36(34)39)42-28-22-20-18-16-14-12-10-8-6-4-2/h23-26,29-30,38-39H,3-22,27-28H2,1-2H3. The molecule has 0 spiro atoms. The molecule has 0 atom stereocenters. The van der Waals surface area contributed by atoms with Gasteiger partial charge in [-0.25, -0.2) is 0 Å². The van der Waals surface area contributed by atoms with Crippen LogP contribution in [0.2, 0.25) is 0 Å². The van der Waals surface area contributed by atoms with Gasteiger partial charge in [0.1, 0.15) is 23.0 Å². The third-order valence-corrected chi connectivity index (χ3v) is 7.96. The van der Waals surface area contributed by atoms with Crippen LogP contribution in [0.3, 0.4) is 0 Å². The first-order chi connectivity index (χ1) is 20.6. The van der Waals surface area contributed by atoms with Crippen molar-refractivity contribution in [2.24, 2.45) is 0 Å². The van der Waals surface area contributed by atoms with Gasteiger partial charge in [0.05, 0.1) is 24.3 Å². The van der Waals surface area contributed by atoms with E-state index in [1.165, 1.54) is 115 Å². The molecule has 0 heterocycles. The van der Waals surface area contributed by atoms with E-state index < -0.39 is 5.78 Å². The Morgan fingerprint density at radius 2 is 0.810 bits per heavy atom. The van der Waals surface area contributed by atoms with Crippen LogP contribution in [-0.2, 0) is 0 Å². The Bertz CT molecular complexity index is 909. The van der Waals surface area contributed by atoms with Gasteiger partial charge in [0, 0.05) is 12.1 Å². The Balaban J connectivity index is 1.65. The summed E-state index contributed by atoms with van der Waals surface area (Å²) in [5.74, 6) is 0.342. The number of hydrogen-bond acceptors (Lipinski definition) is 5. The van der Waals surface area contributed by atoms with Gasteiger partial charge in [-0.1, -0.05) is 129 Å². The summed E-state index contributed by atoms with van der Waals surface area (Å²) < 4.78 is 11.6. The number of hydrogen-bond donors (Lipinski definition) is 2. The zero-order chi connectivity index (χ0) is 30.3. The quantitative estimate of drug-likeness (QED) is 0.0852. The number of benzene rings is 2. The van der Waals surface area contributed by atoms with E-state index in [9.17, 15) is 15.0 Å². The molecule has 5 nitrogen and oxygen atoms in total.